The van der Waals surface area contributed by atoms with Gasteiger partial charge >= 0.3 is 9.24 Å². The molecule has 1 unspecified atom stereocenters. The predicted octanol–water partition coefficient (Wildman–Crippen LogP) is 2.10. The number of β-lactam (4-membered cyclic amide) rings is 1. The molecule has 7 heteroatoms. The highest BCUT2D eigenvalue weighted by Crippen LogP contribution is 2.38. The van der Waals surface area contributed by atoms with Crippen LogP contribution in [0.15, 0.2) is 24.3 Å². The molecule has 1 fully saturated rings. The van der Waals surface area contributed by atoms with Crippen molar-refractivity contribution in [2.24, 2.45) is 0 Å². The molecular weight excluding hydrogens is 273 g/mol. The zero-order valence-corrected chi connectivity index (χ0v) is 10.3. The van der Waals surface area contributed by atoms with Crippen molar-refractivity contribution < 1.29 is 13.2 Å². The van der Waals surface area contributed by atoms with Gasteiger partial charge in [-0.15, -0.1) is 0 Å². The third kappa shape index (κ3) is 2.03. The number of carbonyl (C=O) groups excluding carboxylic acids is 1. The number of benzene rings is 1. The number of carbonyl (C=O) groups is 1. The molecule has 1 heterocycles. The Morgan fingerprint density at radius 3 is 2.56 bits per heavy atom. The standard InChI is InChI=1S/C9H7Cl2NO3S/c10-7-3-1-2-6(4-7)8-5-9(13)12(8)16(11,14)15/h1-4,8H,5H2. The van der Waals surface area contributed by atoms with Gasteiger partial charge in [-0.1, -0.05) is 23.7 Å². The van der Waals surface area contributed by atoms with Crippen LogP contribution in [0.2, 0.25) is 5.02 Å². The van der Waals surface area contributed by atoms with Crippen LogP contribution >= 0.6 is 22.3 Å². The van der Waals surface area contributed by atoms with Gasteiger partial charge in [-0.05, 0) is 17.7 Å². The molecule has 1 saturated heterocycles. The molecule has 86 valence electrons. The van der Waals surface area contributed by atoms with Gasteiger partial charge in [-0.3, -0.25) is 4.79 Å². The first-order chi connectivity index (χ1) is 7.39. The molecule has 1 atom stereocenters. The molecule has 0 spiro atoms. The molecule has 0 N–H and O–H groups in total. The largest absolute Gasteiger partial charge is 0.324 e. The van der Waals surface area contributed by atoms with E-state index in [0.29, 0.717) is 14.9 Å². The van der Waals surface area contributed by atoms with E-state index in [1.807, 2.05) is 0 Å². The summed E-state index contributed by atoms with van der Waals surface area (Å²) in [5.41, 5.74) is 0.663. The molecule has 0 radical (unpaired) electrons. The molecule has 0 aromatic heterocycles. The van der Waals surface area contributed by atoms with Crippen LogP contribution in [-0.4, -0.2) is 18.6 Å². The van der Waals surface area contributed by atoms with Crippen molar-refractivity contribution in [1.82, 2.24) is 4.31 Å². The molecule has 0 aliphatic carbocycles. The molecule has 1 aromatic rings. The van der Waals surface area contributed by atoms with Crippen molar-refractivity contribution in [3.63, 3.8) is 0 Å². The molecule has 16 heavy (non-hydrogen) atoms. The second kappa shape index (κ2) is 3.91. The summed E-state index contributed by atoms with van der Waals surface area (Å²) in [6.07, 6.45) is 0.131. The molecule has 4 nitrogen and oxygen atoms in total. The first-order valence-electron chi connectivity index (χ1n) is 4.42. The summed E-state index contributed by atoms with van der Waals surface area (Å²) in [5.74, 6) is -0.500. The van der Waals surface area contributed by atoms with E-state index in [1.54, 1.807) is 24.3 Å². The number of nitrogens with zero attached hydrogens (tertiary/aromatic N) is 1. The minimum atomic E-state index is -4.01. The second-order valence-electron chi connectivity index (χ2n) is 3.41. The fraction of sp³-hybridized carbons (Fsp3) is 0.222. The average molecular weight is 280 g/mol. The van der Waals surface area contributed by atoms with E-state index in [2.05, 4.69) is 0 Å². The summed E-state index contributed by atoms with van der Waals surface area (Å²) in [4.78, 5) is 11.2. The summed E-state index contributed by atoms with van der Waals surface area (Å²) < 4.78 is 22.9. The smallest absolute Gasteiger partial charge is 0.274 e. The molecule has 1 aliphatic heterocycles. The maximum absolute atomic E-state index is 11.2. The fourth-order valence-corrected chi connectivity index (χ4v) is 3.18. The van der Waals surface area contributed by atoms with E-state index >= 15 is 0 Å². The Morgan fingerprint density at radius 2 is 2.06 bits per heavy atom. The lowest BCUT2D eigenvalue weighted by Gasteiger charge is -2.37. The Balaban J connectivity index is 2.34. The van der Waals surface area contributed by atoms with Gasteiger partial charge in [0.2, 0.25) is 5.91 Å². The topological polar surface area (TPSA) is 54.5 Å². The zero-order valence-electron chi connectivity index (χ0n) is 7.93. The molecule has 0 saturated carbocycles. The van der Waals surface area contributed by atoms with Crippen molar-refractivity contribution in [3.8, 4) is 0 Å². The van der Waals surface area contributed by atoms with Crippen LogP contribution < -0.4 is 0 Å². The van der Waals surface area contributed by atoms with Gasteiger partial charge < -0.3 is 0 Å². The number of hydrogen-bond donors (Lipinski definition) is 0. The van der Waals surface area contributed by atoms with Crippen molar-refractivity contribution in [3.05, 3.63) is 34.9 Å². The van der Waals surface area contributed by atoms with Crippen LogP contribution in [-0.2, 0) is 14.0 Å². The highest BCUT2D eigenvalue weighted by Gasteiger charge is 2.44. The summed E-state index contributed by atoms with van der Waals surface area (Å²) in [6, 6.07) is 6.16. The lowest BCUT2D eigenvalue weighted by atomic mass is 9.97. The zero-order chi connectivity index (χ0) is 11.9. The second-order valence-corrected chi connectivity index (χ2v) is 6.23. The molecule has 2 rings (SSSR count). The lowest BCUT2D eigenvalue weighted by Crippen LogP contribution is -2.47. The van der Waals surface area contributed by atoms with E-state index in [9.17, 15) is 13.2 Å². The average Bonchev–Trinajstić information content (AvgIpc) is 2.11. The summed E-state index contributed by atoms with van der Waals surface area (Å²) in [5, 5.41) is 0.490. The summed E-state index contributed by atoms with van der Waals surface area (Å²) >= 11 is 5.78. The van der Waals surface area contributed by atoms with Gasteiger partial charge in [-0.25, -0.2) is 4.31 Å². The normalized spacial score (nSPS) is 20.8. The Hall–Kier alpha value is -0.780. The van der Waals surface area contributed by atoms with Crippen LogP contribution in [0.5, 0.6) is 0 Å². The minimum Gasteiger partial charge on any atom is -0.274 e. The van der Waals surface area contributed by atoms with Crippen LogP contribution in [0.4, 0.5) is 0 Å². The van der Waals surface area contributed by atoms with Crippen molar-refractivity contribution >= 4 is 37.4 Å². The van der Waals surface area contributed by atoms with Crippen LogP contribution in [0, 0.1) is 0 Å². The van der Waals surface area contributed by atoms with Crippen molar-refractivity contribution in [1.29, 1.82) is 0 Å². The molecule has 1 aromatic carbocycles. The Kier molecular flexibility index (Phi) is 2.86. The van der Waals surface area contributed by atoms with E-state index in [4.69, 9.17) is 22.3 Å². The third-order valence-electron chi connectivity index (χ3n) is 2.37. The molecule has 0 bridgehead atoms. The van der Waals surface area contributed by atoms with Gasteiger partial charge in [0.1, 0.15) is 0 Å². The predicted molar refractivity (Wildman–Crippen MR) is 60.4 cm³/mol. The Morgan fingerprint density at radius 1 is 1.38 bits per heavy atom. The van der Waals surface area contributed by atoms with Crippen LogP contribution in [0.3, 0.4) is 0 Å². The highest BCUT2D eigenvalue weighted by atomic mass is 35.7. The van der Waals surface area contributed by atoms with E-state index in [-0.39, 0.29) is 6.42 Å². The third-order valence-corrected chi connectivity index (χ3v) is 3.97. The van der Waals surface area contributed by atoms with Crippen molar-refractivity contribution in [2.45, 2.75) is 12.5 Å². The maximum Gasteiger partial charge on any atom is 0.324 e. The summed E-state index contributed by atoms with van der Waals surface area (Å²) in [6.45, 7) is 0. The number of rotatable bonds is 2. The SMILES string of the molecule is O=C1CC(c2cccc(Cl)c2)N1S(=O)(=O)Cl. The first kappa shape index (κ1) is 11.7. The quantitative estimate of drug-likeness (QED) is 0.615. The Labute approximate surface area is 102 Å². The molecule has 1 amide bonds. The number of halogens is 2. The van der Waals surface area contributed by atoms with Gasteiger partial charge in [0.15, 0.2) is 0 Å². The van der Waals surface area contributed by atoms with Crippen LogP contribution in [0.1, 0.15) is 18.0 Å². The fourth-order valence-electron chi connectivity index (χ4n) is 1.64. The number of amides is 1. The monoisotopic (exact) mass is 279 g/mol. The van der Waals surface area contributed by atoms with E-state index in [1.165, 1.54) is 0 Å². The minimum absolute atomic E-state index is 0.131. The van der Waals surface area contributed by atoms with Gasteiger partial charge in [0.05, 0.1) is 12.5 Å². The number of hydrogen-bond acceptors (Lipinski definition) is 3. The molecule has 1 aliphatic rings. The maximum atomic E-state index is 11.2. The Bertz CT molecular complexity index is 543. The van der Waals surface area contributed by atoms with Gasteiger partial charge in [0.25, 0.3) is 0 Å². The van der Waals surface area contributed by atoms with Crippen LogP contribution in [0.25, 0.3) is 0 Å². The van der Waals surface area contributed by atoms with Gasteiger partial charge in [0, 0.05) is 15.7 Å². The highest BCUT2D eigenvalue weighted by molar-refractivity contribution is 8.12. The lowest BCUT2D eigenvalue weighted by molar-refractivity contribution is -0.137. The molecular formula is C9H7Cl2NO3S. The van der Waals surface area contributed by atoms with Crippen molar-refractivity contribution in [2.75, 3.05) is 0 Å². The van der Waals surface area contributed by atoms with E-state index < -0.39 is 21.2 Å². The van der Waals surface area contributed by atoms with Gasteiger partial charge in [-0.2, -0.15) is 8.42 Å². The summed E-state index contributed by atoms with van der Waals surface area (Å²) in [7, 11) is 1.15. The van der Waals surface area contributed by atoms with E-state index in [0.717, 1.165) is 0 Å². The first-order valence-corrected chi connectivity index (χ1v) is 7.06.